The third kappa shape index (κ3) is 23.2. The molecule has 0 fully saturated rings. The normalized spacial score (nSPS) is 15.3. The van der Waals surface area contributed by atoms with Crippen molar-refractivity contribution in [2.45, 2.75) is 128 Å². The molecule has 16 N–H and O–H groups in total. The van der Waals surface area contributed by atoms with Gasteiger partial charge in [-0.25, -0.2) is 4.79 Å². The number of carbonyl (C=O) groups excluding carboxylic acids is 10. The summed E-state index contributed by atoms with van der Waals surface area (Å²) in [5.74, 6) is -11.0. The van der Waals surface area contributed by atoms with Gasteiger partial charge in [0.2, 0.25) is 59.1 Å². The summed E-state index contributed by atoms with van der Waals surface area (Å²) in [5, 5.41) is 50.8. The summed E-state index contributed by atoms with van der Waals surface area (Å²) in [6.07, 6.45) is -0.349. The molecule has 0 bridgehead atoms. The number of aliphatic hydroxyl groups excluding tert-OH is 2. The summed E-state index contributed by atoms with van der Waals surface area (Å²) >= 11 is 5.45. The van der Waals surface area contributed by atoms with Crippen molar-refractivity contribution in [3.63, 3.8) is 0 Å². The maximum Gasteiger partial charge on any atom is 0.328 e. The molecule has 25 nitrogen and oxygen atoms in total. The van der Waals surface area contributed by atoms with Gasteiger partial charge in [-0.2, -0.15) is 24.4 Å². The minimum atomic E-state index is -1.80. The molecule has 0 aliphatic rings. The largest absolute Gasteiger partial charge is 0.480 e. The van der Waals surface area contributed by atoms with E-state index in [1.165, 1.54) is 18.7 Å². The van der Waals surface area contributed by atoms with Crippen molar-refractivity contribution in [3.05, 3.63) is 35.9 Å². The van der Waals surface area contributed by atoms with Gasteiger partial charge in [0.05, 0.1) is 31.7 Å². The van der Waals surface area contributed by atoms with Crippen LogP contribution in [0.1, 0.15) is 66.4 Å². The minimum Gasteiger partial charge on any atom is -0.480 e. The molecule has 10 atom stereocenters. The fourth-order valence-corrected chi connectivity index (χ4v) is 7.05. The van der Waals surface area contributed by atoms with Gasteiger partial charge in [-0.15, -0.1) is 0 Å². The number of thiol groups is 1. The van der Waals surface area contributed by atoms with Crippen molar-refractivity contribution in [2.75, 3.05) is 30.9 Å². The van der Waals surface area contributed by atoms with Crippen molar-refractivity contribution in [2.24, 2.45) is 23.3 Å². The standard InChI is InChI=1S/C44H71N11O14S2/c1-21(2)15-28(51-38(62)27(13-14-71-7)50-37(61)26(45)20-70)39(63)48-23(5)36(60)47-18-33(59)49-31(19-56)42(66)53-30(17-32(46)58)40(64)52-29(16-25-11-9-8-10-12-25)41(65)54-34(22(3)4)43(67)55-35(24(6)57)44(68)69/h8-12,21-24,26-31,34-35,56-57,70H,13-20,45H2,1-7H3,(H2,46,58)(H,47,60)(H,48,63)(H,49,59)(H,50,61)(H,51,62)(H,52,64)(H,53,66)(H,54,65)(H,55,67)(H,68,69)/t23-,24+,26-,27-,28-,29-,30-,31-,34-,35-/m0/s1. The molecular weight excluding hydrogens is 971 g/mol. The second-order valence-electron chi connectivity index (χ2n) is 17.4. The van der Waals surface area contributed by atoms with E-state index in [0.29, 0.717) is 11.3 Å². The number of benzene rings is 1. The van der Waals surface area contributed by atoms with E-state index in [2.05, 4.69) is 60.5 Å². The van der Waals surface area contributed by atoms with Gasteiger partial charge < -0.3 is 74.6 Å². The first-order chi connectivity index (χ1) is 33.3. The third-order valence-corrected chi connectivity index (χ3v) is 11.4. The number of nitrogens with two attached hydrogens (primary N) is 2. The molecular formula is C44H71N11O14S2. The van der Waals surface area contributed by atoms with Gasteiger partial charge >= 0.3 is 5.97 Å². The lowest BCUT2D eigenvalue weighted by atomic mass is 10.00. The van der Waals surface area contributed by atoms with Gasteiger partial charge in [0.1, 0.15) is 42.3 Å². The Bertz CT molecular complexity index is 2000. The predicted molar refractivity (Wildman–Crippen MR) is 264 cm³/mol. The molecule has 0 spiro atoms. The van der Waals surface area contributed by atoms with E-state index in [-0.39, 0.29) is 30.9 Å². The predicted octanol–water partition coefficient (Wildman–Crippen LogP) is -4.71. The van der Waals surface area contributed by atoms with Crippen LogP contribution in [0.15, 0.2) is 30.3 Å². The molecule has 71 heavy (non-hydrogen) atoms. The lowest BCUT2D eigenvalue weighted by Crippen LogP contribution is -2.61. The average molecular weight is 1040 g/mol. The summed E-state index contributed by atoms with van der Waals surface area (Å²) in [6.45, 7) is 7.31. The van der Waals surface area contributed by atoms with E-state index in [1.54, 1.807) is 58.0 Å². The summed E-state index contributed by atoms with van der Waals surface area (Å²) in [6, 6.07) is -4.34. The lowest BCUT2D eigenvalue weighted by Gasteiger charge is -2.28. The highest BCUT2D eigenvalue weighted by atomic mass is 32.2. The number of hydrogen-bond acceptors (Lipinski definition) is 16. The molecule has 27 heteroatoms. The maximum absolute atomic E-state index is 13.8. The number of hydrogen-bond donors (Lipinski definition) is 15. The number of aliphatic hydroxyl groups is 2. The number of carbonyl (C=O) groups is 11. The molecule has 0 saturated carbocycles. The molecule has 0 aromatic heterocycles. The molecule has 0 aliphatic heterocycles. The molecule has 1 rings (SSSR count). The molecule has 0 saturated heterocycles. The number of amides is 10. The van der Waals surface area contributed by atoms with Crippen LogP contribution in [0.5, 0.6) is 0 Å². The van der Waals surface area contributed by atoms with Gasteiger partial charge in [-0.3, -0.25) is 47.9 Å². The number of thioether (sulfide) groups is 1. The lowest BCUT2D eigenvalue weighted by molar-refractivity contribution is -0.145. The van der Waals surface area contributed by atoms with Crippen molar-refractivity contribution in [1.29, 1.82) is 0 Å². The van der Waals surface area contributed by atoms with Gasteiger partial charge in [0.25, 0.3) is 0 Å². The Morgan fingerprint density at radius 1 is 0.648 bits per heavy atom. The van der Waals surface area contributed by atoms with Crippen LogP contribution in [-0.4, -0.2) is 172 Å². The molecule has 0 heterocycles. The number of carboxylic acid groups (broad SMARTS) is 1. The first-order valence-corrected chi connectivity index (χ1v) is 24.7. The number of primary amides is 1. The molecule has 1 aromatic carbocycles. The van der Waals surface area contributed by atoms with Crippen LogP contribution in [-0.2, 0) is 59.2 Å². The highest BCUT2D eigenvalue weighted by Gasteiger charge is 2.36. The van der Waals surface area contributed by atoms with Crippen LogP contribution >= 0.6 is 24.4 Å². The van der Waals surface area contributed by atoms with Crippen LogP contribution in [0.3, 0.4) is 0 Å². The Balaban J connectivity index is 3.12. The summed E-state index contributed by atoms with van der Waals surface area (Å²) < 4.78 is 0. The molecule has 398 valence electrons. The van der Waals surface area contributed by atoms with E-state index in [4.69, 9.17) is 11.5 Å². The fraction of sp³-hybridized carbons (Fsp3) is 0.614. The van der Waals surface area contributed by atoms with E-state index >= 15 is 0 Å². The topological polar surface area (TPSA) is 409 Å². The zero-order valence-electron chi connectivity index (χ0n) is 40.8. The third-order valence-electron chi connectivity index (χ3n) is 10.4. The molecule has 0 radical (unpaired) electrons. The zero-order valence-corrected chi connectivity index (χ0v) is 42.5. The Hall–Kier alpha value is -6.03. The van der Waals surface area contributed by atoms with Crippen LogP contribution in [0.4, 0.5) is 0 Å². The fourth-order valence-electron chi connectivity index (χ4n) is 6.42. The Labute approximate surface area is 421 Å². The summed E-state index contributed by atoms with van der Waals surface area (Å²) in [4.78, 5) is 143. The van der Waals surface area contributed by atoms with Crippen molar-refractivity contribution in [3.8, 4) is 0 Å². The van der Waals surface area contributed by atoms with Gasteiger partial charge in [0, 0.05) is 12.2 Å². The van der Waals surface area contributed by atoms with Crippen LogP contribution in [0.25, 0.3) is 0 Å². The van der Waals surface area contributed by atoms with Gasteiger partial charge in [0.15, 0.2) is 6.04 Å². The first kappa shape index (κ1) is 63.0. The summed E-state index contributed by atoms with van der Waals surface area (Å²) in [7, 11) is 0. The Morgan fingerprint density at radius 2 is 1.17 bits per heavy atom. The second-order valence-corrected chi connectivity index (χ2v) is 18.7. The SMILES string of the molecule is CSCC[C@H](NC(=O)[C@@H](N)CS)C(=O)N[C@@H](CC(C)C)C(=O)N[C@@H](C)C(=O)NCC(=O)N[C@@H](CO)C(=O)N[C@@H](CC(N)=O)C(=O)N[C@@H](Cc1ccccc1)C(=O)N[C@H](C(=O)N[C@H](C(=O)O)[C@@H](C)O)C(C)C. The van der Waals surface area contributed by atoms with Crippen LogP contribution in [0.2, 0.25) is 0 Å². The number of rotatable bonds is 32. The second kappa shape index (κ2) is 32.0. The Kier molecular flexibility index (Phi) is 28.4. The first-order valence-electron chi connectivity index (χ1n) is 22.6. The molecule has 10 amide bonds. The van der Waals surface area contributed by atoms with Gasteiger partial charge in [-0.05, 0) is 56.1 Å². The van der Waals surface area contributed by atoms with Crippen LogP contribution < -0.4 is 59.3 Å². The minimum absolute atomic E-state index is 0.0295. The Morgan fingerprint density at radius 3 is 1.69 bits per heavy atom. The van der Waals surface area contributed by atoms with Crippen molar-refractivity contribution < 1.29 is 68.1 Å². The molecule has 1 aromatic rings. The van der Waals surface area contributed by atoms with E-state index in [1.807, 2.05) is 6.26 Å². The maximum atomic E-state index is 13.8. The molecule has 0 unspecified atom stereocenters. The monoisotopic (exact) mass is 1040 g/mol. The average Bonchev–Trinajstić information content (AvgIpc) is 3.30. The summed E-state index contributed by atoms with van der Waals surface area (Å²) in [5.41, 5.74) is 11.7. The number of carboxylic acids is 1. The van der Waals surface area contributed by atoms with E-state index in [0.717, 1.165) is 6.92 Å². The van der Waals surface area contributed by atoms with Crippen LogP contribution in [0, 0.1) is 11.8 Å². The van der Waals surface area contributed by atoms with Gasteiger partial charge in [-0.1, -0.05) is 58.0 Å². The number of aliphatic carboxylic acids is 1. The van der Waals surface area contributed by atoms with Crippen molar-refractivity contribution in [1.82, 2.24) is 47.9 Å². The number of nitrogens with one attached hydrogen (secondary N) is 9. The highest BCUT2D eigenvalue weighted by Crippen LogP contribution is 2.11. The van der Waals surface area contributed by atoms with E-state index < -0.39 is 151 Å². The van der Waals surface area contributed by atoms with E-state index in [9.17, 15) is 68.1 Å². The smallest absolute Gasteiger partial charge is 0.328 e. The quantitative estimate of drug-likeness (QED) is 0.0302. The van der Waals surface area contributed by atoms with Crippen molar-refractivity contribution >= 4 is 89.4 Å². The molecule has 0 aliphatic carbocycles. The zero-order chi connectivity index (χ0) is 54.1. The highest BCUT2D eigenvalue weighted by molar-refractivity contribution is 7.98.